The van der Waals surface area contributed by atoms with Gasteiger partial charge in [0.05, 0.1) is 62.8 Å². The third kappa shape index (κ3) is 14.7. The molecule has 1 aliphatic heterocycles. The highest BCUT2D eigenvalue weighted by Gasteiger charge is 2.26. The van der Waals surface area contributed by atoms with Gasteiger partial charge in [0.1, 0.15) is 34.4 Å². The minimum absolute atomic E-state index is 0.0592. The first-order valence-corrected chi connectivity index (χ1v) is 35.2. The van der Waals surface area contributed by atoms with Crippen molar-refractivity contribution in [2.75, 3.05) is 39.9 Å². The highest BCUT2D eigenvalue weighted by molar-refractivity contribution is 6.07. The molecule has 10 heterocycles. The van der Waals surface area contributed by atoms with Crippen molar-refractivity contribution >= 4 is 105 Å². The Kier molecular flexibility index (Phi) is 21.1. The van der Waals surface area contributed by atoms with Crippen LogP contribution in [0.15, 0.2) is 189 Å². The quantitative estimate of drug-likeness (QED) is 0.0462. The topological polar surface area (TPSA) is 313 Å². The van der Waals surface area contributed by atoms with Crippen molar-refractivity contribution in [1.82, 2.24) is 79.6 Å². The summed E-state index contributed by atoms with van der Waals surface area (Å²) in [6, 6.07) is 50.2. The number of pyridine rings is 5. The molecule has 25 heteroatoms. The third-order valence-corrected chi connectivity index (χ3v) is 19.3. The van der Waals surface area contributed by atoms with Gasteiger partial charge in [-0.25, -0.2) is 0 Å². The number of methoxy groups -OCH3 is 1. The summed E-state index contributed by atoms with van der Waals surface area (Å²) in [6.45, 7) is 18.7. The van der Waals surface area contributed by atoms with Crippen LogP contribution in [-0.4, -0.2) is 127 Å². The first kappa shape index (κ1) is 71.7. The van der Waals surface area contributed by atoms with Gasteiger partial charge in [-0.2, -0.15) is 20.4 Å². The molecular weight excluding hydrogens is 1340 g/mol. The second-order valence-electron chi connectivity index (χ2n) is 27.1. The van der Waals surface area contributed by atoms with Crippen LogP contribution in [0.2, 0.25) is 0 Å². The van der Waals surface area contributed by atoms with E-state index in [0.29, 0.717) is 87.7 Å². The second kappa shape index (κ2) is 31.1. The molecule has 0 radical (unpaired) electrons. The van der Waals surface area contributed by atoms with Crippen LogP contribution in [-0.2, 0) is 48.7 Å². The van der Waals surface area contributed by atoms with E-state index >= 15 is 0 Å². The van der Waals surface area contributed by atoms with Crippen molar-refractivity contribution in [2.45, 2.75) is 94.0 Å². The first-order valence-electron chi connectivity index (χ1n) is 35.2. The number of aromatic amines is 4. The summed E-state index contributed by atoms with van der Waals surface area (Å²) in [5.41, 5.74) is 12.6. The molecule has 16 rings (SSSR count). The number of carbonyl (C=O) groups is 3. The molecule has 2 amide bonds. The van der Waals surface area contributed by atoms with E-state index in [4.69, 9.17) is 9.47 Å². The predicted molar refractivity (Wildman–Crippen MR) is 413 cm³/mol. The fourth-order valence-corrected chi connectivity index (χ4v) is 14.1. The molecule has 9 aromatic heterocycles. The van der Waals surface area contributed by atoms with Crippen LogP contribution >= 0.6 is 0 Å². The minimum atomic E-state index is -0.354. The monoisotopic (exact) mass is 1420 g/mol. The number of esters is 1. The summed E-state index contributed by atoms with van der Waals surface area (Å²) in [5, 5.41) is 41.0. The van der Waals surface area contributed by atoms with Crippen molar-refractivity contribution in [3.63, 3.8) is 0 Å². The number of hydrogen-bond donors (Lipinski definition) is 6. The highest BCUT2D eigenvalue weighted by atomic mass is 16.5. The summed E-state index contributed by atoms with van der Waals surface area (Å²) >= 11 is 0. The Balaban J connectivity index is 0.000000126. The van der Waals surface area contributed by atoms with Crippen LogP contribution in [0.1, 0.15) is 81.8 Å². The Bertz CT molecular complexity index is 6080. The largest absolute Gasteiger partial charge is 0.496 e. The average Bonchev–Trinajstić information content (AvgIpc) is 1.53. The molecule has 25 nitrogen and oxygen atoms in total. The molecule has 540 valence electrons. The molecule has 0 bridgehead atoms. The fourth-order valence-electron chi connectivity index (χ4n) is 14.1. The van der Waals surface area contributed by atoms with Gasteiger partial charge in [0.15, 0.2) is 0 Å². The zero-order valence-corrected chi connectivity index (χ0v) is 60.3. The van der Waals surface area contributed by atoms with Crippen LogP contribution in [0.25, 0.3) is 87.2 Å². The number of hydrogen-bond acceptors (Lipinski definition) is 15. The number of nitrogens with one attached hydrogen (secondary N) is 6. The predicted octanol–water partition coefficient (Wildman–Crippen LogP) is 11.0. The molecule has 0 fully saturated rings. The lowest BCUT2D eigenvalue weighted by atomic mass is 9.92. The van der Waals surface area contributed by atoms with E-state index in [1.807, 2.05) is 143 Å². The molecule has 106 heavy (non-hydrogen) atoms. The van der Waals surface area contributed by atoms with Crippen molar-refractivity contribution in [1.29, 1.82) is 0 Å². The van der Waals surface area contributed by atoms with E-state index in [0.717, 1.165) is 111 Å². The maximum absolute atomic E-state index is 13.3. The normalized spacial score (nSPS) is 12.2. The SMILES string of the molecule is CC(=O)OCCn1c(=O)c2c(C)[nH]nc2c2ccccc21.COc1ccccc1C(=O)NCCn1c(=O)c2c(C)[nH]nc2c2ccccc21.Cc1[nH]nc2c1c(=O)n(CC(C)(C)CNC(=O)c1ccncc1)c1ccccc21.Cc1[nH]nc2c1c(=O)n(CCCN1CCc3ccccc3C1)c1ccccc21. The Morgan fingerprint density at radius 1 is 0.491 bits per heavy atom. The van der Waals surface area contributed by atoms with Crippen molar-refractivity contribution in [3.05, 3.63) is 257 Å². The highest BCUT2D eigenvalue weighted by Crippen LogP contribution is 2.29. The third-order valence-electron chi connectivity index (χ3n) is 19.3. The fraction of sp³-hybridized carbons (Fsp3) is 0.259. The maximum atomic E-state index is 13.3. The van der Waals surface area contributed by atoms with Gasteiger partial charge in [-0.15, -0.1) is 0 Å². The zero-order chi connectivity index (χ0) is 74.3. The van der Waals surface area contributed by atoms with Crippen LogP contribution < -0.4 is 37.6 Å². The van der Waals surface area contributed by atoms with Gasteiger partial charge < -0.3 is 38.4 Å². The van der Waals surface area contributed by atoms with Crippen LogP contribution in [0.3, 0.4) is 0 Å². The van der Waals surface area contributed by atoms with Gasteiger partial charge >= 0.3 is 5.97 Å². The van der Waals surface area contributed by atoms with Crippen molar-refractivity contribution in [2.24, 2.45) is 5.41 Å². The van der Waals surface area contributed by atoms with E-state index in [2.05, 4.69) is 91.6 Å². The van der Waals surface area contributed by atoms with Crippen LogP contribution in [0.4, 0.5) is 0 Å². The Morgan fingerprint density at radius 3 is 1.41 bits per heavy atom. The molecule has 0 aliphatic carbocycles. The van der Waals surface area contributed by atoms with Gasteiger partial charge in [-0.05, 0) is 100 Å². The van der Waals surface area contributed by atoms with Crippen molar-refractivity contribution < 1.29 is 23.9 Å². The van der Waals surface area contributed by atoms with E-state index in [1.54, 1.807) is 56.4 Å². The second-order valence-corrected chi connectivity index (χ2v) is 27.1. The first-order chi connectivity index (χ1) is 51.3. The summed E-state index contributed by atoms with van der Waals surface area (Å²) in [4.78, 5) is 94.3. The maximum Gasteiger partial charge on any atom is 0.302 e. The molecule has 6 aromatic carbocycles. The number of para-hydroxylation sites is 5. The van der Waals surface area contributed by atoms with Gasteiger partial charge in [0.25, 0.3) is 34.1 Å². The molecule has 0 atom stereocenters. The number of aromatic nitrogens is 13. The zero-order valence-electron chi connectivity index (χ0n) is 60.3. The lowest BCUT2D eigenvalue weighted by Gasteiger charge is -2.28. The van der Waals surface area contributed by atoms with Gasteiger partial charge in [-0.3, -0.25) is 63.8 Å². The molecule has 0 saturated heterocycles. The number of amides is 2. The van der Waals surface area contributed by atoms with E-state index in [-0.39, 0.29) is 52.0 Å². The Labute approximate surface area is 607 Å². The number of carbonyl (C=O) groups excluding carboxylic acids is 3. The number of aryl methyl sites for hydroxylation is 5. The molecule has 6 N–H and O–H groups in total. The Hall–Kier alpha value is -12.6. The molecular formula is C81H82N16O9. The lowest BCUT2D eigenvalue weighted by Crippen LogP contribution is -2.38. The van der Waals surface area contributed by atoms with Gasteiger partial charge in [0.2, 0.25) is 0 Å². The minimum Gasteiger partial charge on any atom is -0.496 e. The van der Waals surface area contributed by atoms with Crippen molar-refractivity contribution in [3.8, 4) is 5.75 Å². The molecule has 1 aliphatic rings. The lowest BCUT2D eigenvalue weighted by molar-refractivity contribution is -0.141. The summed E-state index contributed by atoms with van der Waals surface area (Å²) in [6.07, 6.45) is 5.25. The summed E-state index contributed by atoms with van der Waals surface area (Å²) in [5.74, 6) is -0.236. The number of ether oxygens (including phenoxy) is 2. The summed E-state index contributed by atoms with van der Waals surface area (Å²) < 4.78 is 17.2. The number of H-pyrrole nitrogens is 4. The summed E-state index contributed by atoms with van der Waals surface area (Å²) in [7, 11) is 1.53. The van der Waals surface area contributed by atoms with E-state index in [9.17, 15) is 33.6 Å². The molecule has 0 saturated carbocycles. The number of benzene rings is 6. The van der Waals surface area contributed by atoms with E-state index in [1.165, 1.54) is 25.2 Å². The smallest absolute Gasteiger partial charge is 0.302 e. The molecule has 0 spiro atoms. The van der Waals surface area contributed by atoms with E-state index < -0.39 is 0 Å². The van der Waals surface area contributed by atoms with Gasteiger partial charge in [0, 0.05) is 127 Å². The number of nitrogens with zero attached hydrogens (tertiary/aromatic N) is 10. The van der Waals surface area contributed by atoms with Crippen LogP contribution in [0, 0.1) is 33.1 Å². The molecule has 0 unspecified atom stereocenters. The number of fused-ring (bicyclic) bond motifs is 13. The average molecular weight is 1420 g/mol. The Morgan fingerprint density at radius 2 is 0.915 bits per heavy atom. The van der Waals surface area contributed by atoms with Crippen LogP contribution in [0.5, 0.6) is 5.75 Å². The van der Waals surface area contributed by atoms with Gasteiger partial charge in [-0.1, -0.05) is 123 Å². The standard InChI is InChI=1S/C23H24N4O.C22H23N5O2.C21H20N4O3.C15H15N3O3/c1-16-21-22(25-24-16)19-9-4-5-10-20(19)27(23(21)28)13-6-12-26-14-11-17-7-2-3-8-18(17)15-26;1-14-18-19(26-25-14)16-6-4-5-7-17(16)27(21(18)29)13-22(2,3)12-24-20(28)15-8-10-23-11-9-15;1-13-18-19(24-23-13)14-7-3-5-9-16(14)25(21(18)27)12-11-22-20(26)15-8-4-6-10-17(15)28-2;1-9-13-14(17-16-9)11-5-3-4-6-12(11)18(15(13)20)7-8-21-10(2)19/h2-5,7-10H,6,11-15H2,1H3,(H,24,25);4-11H,12-13H2,1-3H3,(H,24,28)(H,25,26);3-10H,11-12H2,1-2H3,(H,22,26)(H,23,24);3-6H,7-8H2,1-2H3,(H,16,17). The molecule has 15 aromatic rings. The number of rotatable bonds is 17.